The van der Waals surface area contributed by atoms with Gasteiger partial charge >= 0.3 is 5.97 Å². The number of benzene rings is 1. The Balaban J connectivity index is 1.62. The second-order valence-electron chi connectivity index (χ2n) is 6.12. The molecule has 1 aromatic carbocycles. The van der Waals surface area contributed by atoms with Crippen LogP contribution in [0.15, 0.2) is 29.2 Å². The van der Waals surface area contributed by atoms with Crippen molar-refractivity contribution >= 4 is 23.6 Å². The monoisotopic (exact) mass is 366 g/mol. The van der Waals surface area contributed by atoms with Gasteiger partial charge in [0.1, 0.15) is 5.75 Å². The lowest BCUT2D eigenvalue weighted by molar-refractivity contribution is -0.139. The summed E-state index contributed by atoms with van der Waals surface area (Å²) in [6.07, 6.45) is 2.14. The smallest absolute Gasteiger partial charge is 0.317 e. The molecule has 1 fully saturated rings. The molecule has 138 valence electrons. The highest BCUT2D eigenvalue weighted by Gasteiger charge is 2.34. The summed E-state index contributed by atoms with van der Waals surface area (Å²) in [5, 5.41) is 11.9. The highest BCUT2D eigenvalue weighted by molar-refractivity contribution is 7.99. The molecule has 1 aliphatic rings. The molecule has 1 aliphatic carbocycles. The van der Waals surface area contributed by atoms with E-state index in [0.717, 1.165) is 35.8 Å². The first-order valence-electron chi connectivity index (χ1n) is 8.53. The Morgan fingerprint density at radius 2 is 2.00 bits per heavy atom. The molecule has 2 N–H and O–H groups in total. The number of carbonyl (C=O) groups excluding carboxylic acids is 1. The largest absolute Gasteiger partial charge is 0.497 e. The molecule has 0 atom stereocenters. The zero-order chi connectivity index (χ0) is 18.2. The van der Waals surface area contributed by atoms with E-state index < -0.39 is 5.97 Å². The van der Waals surface area contributed by atoms with E-state index >= 15 is 0 Å². The first-order chi connectivity index (χ1) is 12.0. The molecule has 1 saturated carbocycles. The number of nitrogens with one attached hydrogen (secondary N) is 1. The Morgan fingerprint density at radius 1 is 1.32 bits per heavy atom. The van der Waals surface area contributed by atoms with Crippen molar-refractivity contribution in [1.82, 2.24) is 10.2 Å². The number of ether oxygens (including phenoxy) is 1. The van der Waals surface area contributed by atoms with Crippen molar-refractivity contribution in [3.05, 3.63) is 24.3 Å². The van der Waals surface area contributed by atoms with Crippen LogP contribution in [0, 0.1) is 0 Å². The number of thioether (sulfide) groups is 1. The molecule has 1 amide bonds. The molecule has 25 heavy (non-hydrogen) atoms. The lowest BCUT2D eigenvalue weighted by Crippen LogP contribution is -2.54. The highest BCUT2D eigenvalue weighted by atomic mass is 32.2. The molecule has 0 spiro atoms. The molecule has 6 nitrogen and oxygen atoms in total. The second-order valence-corrected chi connectivity index (χ2v) is 7.29. The molecule has 1 aromatic rings. The van der Waals surface area contributed by atoms with Crippen molar-refractivity contribution in [2.75, 3.05) is 26.0 Å². The predicted octanol–water partition coefficient (Wildman–Crippen LogP) is 2.23. The van der Waals surface area contributed by atoms with Crippen LogP contribution >= 0.6 is 11.8 Å². The molecule has 0 saturated heterocycles. The van der Waals surface area contributed by atoms with Crippen molar-refractivity contribution in [1.29, 1.82) is 0 Å². The Bertz CT molecular complexity index is 573. The number of carbonyl (C=O) groups is 2. The number of nitrogens with zero attached hydrogens (tertiary/aromatic N) is 1. The van der Waals surface area contributed by atoms with Crippen LogP contribution in [0.25, 0.3) is 0 Å². The standard InChI is InChI=1S/C18H26N2O4S/c1-3-20(12-18(22)23)14-10-13(11-14)19-17(21)8-9-25-16-6-4-15(24-2)5-7-16/h4-7,13-14H,3,8-12H2,1-2H3,(H,19,21)(H,22,23). The van der Waals surface area contributed by atoms with E-state index in [2.05, 4.69) is 5.32 Å². The Hall–Kier alpha value is -1.73. The van der Waals surface area contributed by atoms with Crippen LogP contribution in [0.3, 0.4) is 0 Å². The van der Waals surface area contributed by atoms with Crippen molar-refractivity contribution in [3.63, 3.8) is 0 Å². The number of carboxylic acids is 1. The lowest BCUT2D eigenvalue weighted by Gasteiger charge is -2.42. The van der Waals surface area contributed by atoms with Crippen molar-refractivity contribution < 1.29 is 19.4 Å². The number of likely N-dealkylation sites (N-methyl/N-ethyl adjacent to an activating group) is 1. The van der Waals surface area contributed by atoms with Crippen LogP contribution in [-0.2, 0) is 9.59 Å². The van der Waals surface area contributed by atoms with Crippen molar-refractivity contribution in [2.45, 2.75) is 43.2 Å². The zero-order valence-electron chi connectivity index (χ0n) is 14.7. The van der Waals surface area contributed by atoms with Gasteiger partial charge in [-0.3, -0.25) is 14.5 Å². The third-order valence-electron chi connectivity index (χ3n) is 4.40. The minimum absolute atomic E-state index is 0.0609. The van der Waals surface area contributed by atoms with Gasteiger partial charge in [0.15, 0.2) is 0 Å². The molecule has 0 aliphatic heterocycles. The summed E-state index contributed by atoms with van der Waals surface area (Å²) in [5.41, 5.74) is 0. The third-order valence-corrected chi connectivity index (χ3v) is 5.41. The molecular formula is C18H26N2O4S. The summed E-state index contributed by atoms with van der Waals surface area (Å²) in [4.78, 5) is 25.9. The van der Waals surface area contributed by atoms with E-state index in [1.807, 2.05) is 36.1 Å². The highest BCUT2D eigenvalue weighted by Crippen LogP contribution is 2.26. The van der Waals surface area contributed by atoms with Crippen molar-refractivity contribution in [3.8, 4) is 5.75 Å². The topological polar surface area (TPSA) is 78.9 Å². The molecule has 2 rings (SSSR count). The first-order valence-corrected chi connectivity index (χ1v) is 9.52. The van der Waals surface area contributed by atoms with Crippen LogP contribution in [0.1, 0.15) is 26.2 Å². The molecule has 0 aromatic heterocycles. The quantitative estimate of drug-likeness (QED) is 0.618. The van der Waals surface area contributed by atoms with E-state index in [4.69, 9.17) is 9.84 Å². The minimum atomic E-state index is -0.801. The van der Waals surface area contributed by atoms with E-state index in [-0.39, 0.29) is 24.5 Å². The number of methoxy groups -OCH3 is 1. The number of aliphatic carboxylic acids is 1. The number of carboxylic acid groups (broad SMARTS) is 1. The van der Waals surface area contributed by atoms with Gasteiger partial charge in [0.2, 0.25) is 5.91 Å². The van der Waals surface area contributed by atoms with Gasteiger partial charge in [-0.15, -0.1) is 11.8 Å². The number of rotatable bonds is 10. The van der Waals surface area contributed by atoms with Gasteiger partial charge in [-0.05, 0) is 43.7 Å². The van der Waals surface area contributed by atoms with E-state index in [1.165, 1.54) is 0 Å². The number of hydrogen-bond acceptors (Lipinski definition) is 5. The van der Waals surface area contributed by atoms with Gasteiger partial charge in [-0.1, -0.05) is 6.92 Å². The van der Waals surface area contributed by atoms with Gasteiger partial charge in [0.25, 0.3) is 0 Å². The fourth-order valence-electron chi connectivity index (χ4n) is 2.91. The van der Waals surface area contributed by atoms with Crippen LogP contribution in [-0.4, -0.2) is 59.9 Å². The van der Waals surface area contributed by atoms with E-state index in [1.54, 1.807) is 18.9 Å². The lowest BCUT2D eigenvalue weighted by atomic mass is 9.85. The fraction of sp³-hybridized carbons (Fsp3) is 0.556. The number of hydrogen-bond donors (Lipinski definition) is 2. The van der Waals surface area contributed by atoms with Crippen molar-refractivity contribution in [2.24, 2.45) is 0 Å². The summed E-state index contributed by atoms with van der Waals surface area (Å²) in [6, 6.07) is 8.23. The first kappa shape index (κ1) is 19.6. The normalized spacial score (nSPS) is 19.3. The summed E-state index contributed by atoms with van der Waals surface area (Å²) >= 11 is 1.65. The van der Waals surface area contributed by atoms with Crippen LogP contribution in [0.2, 0.25) is 0 Å². The molecule has 0 unspecified atom stereocenters. The second kappa shape index (κ2) is 9.68. The van der Waals surface area contributed by atoms with E-state index in [0.29, 0.717) is 6.42 Å². The zero-order valence-corrected chi connectivity index (χ0v) is 15.6. The fourth-order valence-corrected chi connectivity index (χ4v) is 3.76. The Morgan fingerprint density at radius 3 is 2.56 bits per heavy atom. The molecule has 0 heterocycles. The summed E-state index contributed by atoms with van der Waals surface area (Å²) < 4.78 is 5.12. The van der Waals surface area contributed by atoms with E-state index in [9.17, 15) is 9.59 Å². The maximum atomic E-state index is 12.0. The maximum Gasteiger partial charge on any atom is 0.317 e. The van der Waals surface area contributed by atoms with Gasteiger partial charge in [0, 0.05) is 29.2 Å². The summed E-state index contributed by atoms with van der Waals surface area (Å²) in [7, 11) is 1.64. The molecule has 0 bridgehead atoms. The van der Waals surface area contributed by atoms with Crippen LogP contribution < -0.4 is 10.1 Å². The molecular weight excluding hydrogens is 340 g/mol. The molecule has 0 radical (unpaired) electrons. The van der Waals surface area contributed by atoms with Gasteiger partial charge in [-0.25, -0.2) is 0 Å². The van der Waals surface area contributed by atoms with Gasteiger partial charge in [-0.2, -0.15) is 0 Å². The minimum Gasteiger partial charge on any atom is -0.497 e. The Labute approximate surface area is 152 Å². The summed E-state index contributed by atoms with van der Waals surface area (Å²) in [5.74, 6) is 0.815. The molecule has 7 heteroatoms. The van der Waals surface area contributed by atoms with Gasteiger partial charge in [0.05, 0.1) is 13.7 Å². The summed E-state index contributed by atoms with van der Waals surface area (Å²) in [6.45, 7) is 2.75. The number of amides is 1. The predicted molar refractivity (Wildman–Crippen MR) is 98.2 cm³/mol. The van der Waals surface area contributed by atoms with Gasteiger partial charge < -0.3 is 15.2 Å². The Kier molecular flexibility index (Phi) is 7.58. The third kappa shape index (κ3) is 6.25. The van der Waals surface area contributed by atoms with Crippen LogP contribution in [0.5, 0.6) is 5.75 Å². The SMILES string of the molecule is CCN(CC(=O)O)C1CC(NC(=O)CCSc2ccc(OC)cc2)C1. The van der Waals surface area contributed by atoms with Crippen LogP contribution in [0.4, 0.5) is 0 Å². The average Bonchev–Trinajstić information content (AvgIpc) is 2.56. The maximum absolute atomic E-state index is 12.0. The average molecular weight is 366 g/mol.